The molecule has 5 nitrogen and oxygen atoms in total. The molecule has 0 N–H and O–H groups in total. The Kier molecular flexibility index (Phi) is 4.93. The van der Waals surface area contributed by atoms with Crippen molar-refractivity contribution in [3.63, 3.8) is 0 Å². The summed E-state index contributed by atoms with van der Waals surface area (Å²) < 4.78 is 13.2. The molecule has 2 aromatic heterocycles. The summed E-state index contributed by atoms with van der Waals surface area (Å²) in [6, 6.07) is 5.79. The fourth-order valence-corrected chi connectivity index (χ4v) is 5.97. The summed E-state index contributed by atoms with van der Waals surface area (Å²) in [4.78, 5) is 29.1. The Balaban J connectivity index is 1.39. The molecular formula is C23H25FN4OS. The van der Waals surface area contributed by atoms with Crippen molar-refractivity contribution >= 4 is 33.3 Å². The predicted molar refractivity (Wildman–Crippen MR) is 118 cm³/mol. The molecule has 1 amide bonds. The minimum Gasteiger partial charge on any atom is -0.352 e. The van der Waals surface area contributed by atoms with Gasteiger partial charge in [0, 0.05) is 36.6 Å². The van der Waals surface area contributed by atoms with Crippen LogP contribution in [0.2, 0.25) is 0 Å². The average molecular weight is 425 g/mol. The average Bonchev–Trinajstić information content (AvgIpc) is 3.10. The van der Waals surface area contributed by atoms with Crippen LogP contribution in [0.15, 0.2) is 24.3 Å². The van der Waals surface area contributed by atoms with Crippen LogP contribution in [0.3, 0.4) is 0 Å². The maximum atomic E-state index is 13.2. The summed E-state index contributed by atoms with van der Waals surface area (Å²) in [6.07, 6.45) is 3.44. The second-order valence-corrected chi connectivity index (χ2v) is 9.50. The fraction of sp³-hybridized carbons (Fsp3) is 0.435. The molecule has 7 heteroatoms. The topological polar surface area (TPSA) is 49.3 Å². The molecule has 1 aliphatic carbocycles. The number of halogens is 1. The first-order valence-corrected chi connectivity index (χ1v) is 11.4. The van der Waals surface area contributed by atoms with Gasteiger partial charge < -0.3 is 9.80 Å². The number of anilines is 1. The normalized spacial score (nSPS) is 19.2. The molecule has 0 saturated carbocycles. The first-order chi connectivity index (χ1) is 14.5. The van der Waals surface area contributed by atoms with Gasteiger partial charge in [0.05, 0.1) is 5.39 Å². The largest absolute Gasteiger partial charge is 0.352 e. The Morgan fingerprint density at radius 3 is 2.60 bits per heavy atom. The highest BCUT2D eigenvalue weighted by Gasteiger charge is 2.28. The van der Waals surface area contributed by atoms with Crippen molar-refractivity contribution < 1.29 is 9.18 Å². The van der Waals surface area contributed by atoms with E-state index in [0.29, 0.717) is 18.7 Å². The van der Waals surface area contributed by atoms with Gasteiger partial charge in [0.15, 0.2) is 0 Å². The highest BCUT2D eigenvalue weighted by atomic mass is 32.1. The van der Waals surface area contributed by atoms with E-state index in [1.807, 2.05) is 23.2 Å². The summed E-state index contributed by atoms with van der Waals surface area (Å²) in [7, 11) is 0. The zero-order chi connectivity index (χ0) is 20.8. The van der Waals surface area contributed by atoms with Gasteiger partial charge in [0.2, 0.25) is 0 Å². The van der Waals surface area contributed by atoms with Crippen molar-refractivity contribution in [3.8, 4) is 0 Å². The fourth-order valence-electron chi connectivity index (χ4n) is 4.55. The van der Waals surface area contributed by atoms with Crippen LogP contribution in [0.25, 0.3) is 10.2 Å². The molecule has 0 bridgehead atoms. The first kappa shape index (κ1) is 19.4. The lowest BCUT2D eigenvalue weighted by molar-refractivity contribution is 0.0746. The third-order valence-corrected chi connectivity index (χ3v) is 7.35. The third-order valence-electron chi connectivity index (χ3n) is 6.21. The molecule has 3 aromatic rings. The number of rotatable bonds is 2. The van der Waals surface area contributed by atoms with E-state index >= 15 is 0 Å². The Morgan fingerprint density at radius 2 is 1.87 bits per heavy atom. The molecule has 30 heavy (non-hydrogen) atoms. The second-order valence-electron chi connectivity index (χ2n) is 8.41. The van der Waals surface area contributed by atoms with Gasteiger partial charge in [-0.3, -0.25) is 4.79 Å². The molecule has 2 aliphatic rings. The highest BCUT2D eigenvalue weighted by Crippen LogP contribution is 2.41. The zero-order valence-corrected chi connectivity index (χ0v) is 18.1. The number of fused-ring (bicyclic) bond motifs is 3. The standard InChI is InChI=1S/C23H25FN4OS/c1-14-3-8-18-19(13-14)30-22-20(18)21(25-15(2)26-22)27-9-11-28(12-10-27)23(29)16-4-6-17(24)7-5-16/h4-7,14H,3,8-13H2,1-2H3/t14-/m1/s1. The van der Waals surface area contributed by atoms with E-state index in [9.17, 15) is 9.18 Å². The van der Waals surface area contributed by atoms with Crippen LogP contribution in [-0.2, 0) is 12.8 Å². The number of aryl methyl sites for hydroxylation is 2. The summed E-state index contributed by atoms with van der Waals surface area (Å²) in [5.74, 6) is 2.19. The van der Waals surface area contributed by atoms with Gasteiger partial charge >= 0.3 is 0 Å². The highest BCUT2D eigenvalue weighted by molar-refractivity contribution is 7.19. The number of hydrogen-bond acceptors (Lipinski definition) is 5. The lowest BCUT2D eigenvalue weighted by atomic mass is 9.89. The summed E-state index contributed by atoms with van der Waals surface area (Å²) in [6.45, 7) is 7.01. The van der Waals surface area contributed by atoms with Crippen LogP contribution < -0.4 is 4.90 Å². The van der Waals surface area contributed by atoms with Crippen LogP contribution in [-0.4, -0.2) is 47.0 Å². The number of carbonyl (C=O) groups is 1. The van der Waals surface area contributed by atoms with E-state index in [4.69, 9.17) is 9.97 Å². The van der Waals surface area contributed by atoms with Gasteiger partial charge in [-0.2, -0.15) is 0 Å². The van der Waals surface area contributed by atoms with E-state index in [0.717, 1.165) is 48.3 Å². The van der Waals surface area contributed by atoms with E-state index in [-0.39, 0.29) is 11.7 Å². The minimum atomic E-state index is -0.326. The van der Waals surface area contributed by atoms with Crippen molar-refractivity contribution in [2.75, 3.05) is 31.1 Å². The molecule has 0 radical (unpaired) electrons. The van der Waals surface area contributed by atoms with E-state index in [1.54, 1.807) is 12.1 Å². The van der Waals surface area contributed by atoms with Gasteiger partial charge in [-0.05, 0) is 61.9 Å². The van der Waals surface area contributed by atoms with Crippen LogP contribution in [0.4, 0.5) is 10.2 Å². The minimum absolute atomic E-state index is 0.0411. The molecule has 1 saturated heterocycles. The summed E-state index contributed by atoms with van der Waals surface area (Å²) in [5.41, 5.74) is 1.97. The third kappa shape index (κ3) is 3.45. The van der Waals surface area contributed by atoms with Crippen molar-refractivity contribution in [1.82, 2.24) is 14.9 Å². The maximum absolute atomic E-state index is 13.2. The molecule has 156 valence electrons. The molecule has 0 spiro atoms. The number of benzene rings is 1. The van der Waals surface area contributed by atoms with Crippen molar-refractivity contribution in [1.29, 1.82) is 0 Å². The SMILES string of the molecule is Cc1nc(N2CCN(C(=O)c3ccc(F)cc3)CC2)c2c3c(sc2n1)C[C@H](C)CC3. The monoisotopic (exact) mass is 424 g/mol. The van der Waals surface area contributed by atoms with Crippen molar-refractivity contribution in [2.45, 2.75) is 33.1 Å². The lowest BCUT2D eigenvalue weighted by Crippen LogP contribution is -2.49. The van der Waals surface area contributed by atoms with E-state index in [2.05, 4.69) is 11.8 Å². The first-order valence-electron chi connectivity index (χ1n) is 10.6. The van der Waals surface area contributed by atoms with Crippen LogP contribution in [0.1, 0.15) is 40.0 Å². The van der Waals surface area contributed by atoms with E-state index < -0.39 is 0 Å². The number of aromatic nitrogens is 2. The van der Waals surface area contributed by atoms with Crippen molar-refractivity contribution in [3.05, 3.63) is 51.9 Å². The Bertz CT molecular complexity index is 1100. The van der Waals surface area contributed by atoms with Gasteiger partial charge in [-0.15, -0.1) is 11.3 Å². The van der Waals surface area contributed by atoms with Crippen LogP contribution in [0.5, 0.6) is 0 Å². The number of hydrogen-bond donors (Lipinski definition) is 0. The smallest absolute Gasteiger partial charge is 0.253 e. The Morgan fingerprint density at radius 1 is 1.13 bits per heavy atom. The lowest BCUT2D eigenvalue weighted by Gasteiger charge is -2.36. The molecule has 1 aromatic carbocycles. The Hall–Kier alpha value is -2.54. The number of thiophene rings is 1. The van der Waals surface area contributed by atoms with Crippen LogP contribution >= 0.6 is 11.3 Å². The Labute approximate surface area is 179 Å². The van der Waals surface area contributed by atoms with Gasteiger partial charge in [-0.1, -0.05) is 6.92 Å². The molecule has 1 atom stereocenters. The second kappa shape index (κ2) is 7.61. The molecule has 1 aliphatic heterocycles. The predicted octanol–water partition coefficient (Wildman–Crippen LogP) is 4.23. The number of amides is 1. The van der Waals surface area contributed by atoms with Gasteiger partial charge in [0.1, 0.15) is 22.3 Å². The number of piperazine rings is 1. The maximum Gasteiger partial charge on any atom is 0.253 e. The molecular weight excluding hydrogens is 399 g/mol. The van der Waals surface area contributed by atoms with Crippen molar-refractivity contribution in [2.24, 2.45) is 5.92 Å². The van der Waals surface area contributed by atoms with Gasteiger partial charge in [0.25, 0.3) is 5.91 Å². The molecule has 5 rings (SSSR count). The molecule has 0 unspecified atom stereocenters. The summed E-state index contributed by atoms with van der Waals surface area (Å²) in [5, 5.41) is 1.23. The van der Waals surface area contributed by atoms with Gasteiger partial charge in [-0.25, -0.2) is 14.4 Å². The summed E-state index contributed by atoms with van der Waals surface area (Å²) >= 11 is 1.83. The number of nitrogens with zero attached hydrogens (tertiary/aromatic N) is 4. The zero-order valence-electron chi connectivity index (χ0n) is 17.3. The quantitative estimate of drug-likeness (QED) is 0.618. The van der Waals surface area contributed by atoms with Crippen LogP contribution in [0, 0.1) is 18.7 Å². The van der Waals surface area contributed by atoms with E-state index in [1.165, 1.54) is 34.4 Å². The molecule has 1 fully saturated rings. The molecule has 3 heterocycles. The number of carbonyl (C=O) groups excluding carboxylic acids is 1.